The van der Waals surface area contributed by atoms with Gasteiger partial charge in [0, 0.05) is 20.0 Å². The molecule has 4 heteroatoms. The van der Waals surface area contributed by atoms with Gasteiger partial charge in [0.25, 0.3) is 0 Å². The SMILES string of the molecule is COCCOC(=O)CCCCCCC(C)=O. The van der Waals surface area contributed by atoms with Crippen LogP contribution >= 0.6 is 0 Å². The van der Waals surface area contributed by atoms with Gasteiger partial charge in [0.05, 0.1) is 6.61 Å². The Bertz CT molecular complexity index is 201. The van der Waals surface area contributed by atoms with Crippen LogP contribution in [0.25, 0.3) is 0 Å². The lowest BCUT2D eigenvalue weighted by molar-refractivity contribution is -0.145. The van der Waals surface area contributed by atoms with Crippen molar-refractivity contribution in [3.8, 4) is 0 Å². The molecule has 16 heavy (non-hydrogen) atoms. The Balaban J connectivity index is 3.18. The fourth-order valence-corrected chi connectivity index (χ4v) is 1.31. The lowest BCUT2D eigenvalue weighted by atomic mass is 10.1. The van der Waals surface area contributed by atoms with Crippen LogP contribution < -0.4 is 0 Å². The third-order valence-electron chi connectivity index (χ3n) is 2.21. The van der Waals surface area contributed by atoms with Crippen molar-refractivity contribution in [2.24, 2.45) is 0 Å². The summed E-state index contributed by atoms with van der Waals surface area (Å²) in [4.78, 5) is 21.8. The number of carbonyl (C=O) groups is 2. The second-order valence-electron chi connectivity index (χ2n) is 3.83. The highest BCUT2D eigenvalue weighted by Gasteiger charge is 2.02. The molecule has 0 spiro atoms. The highest BCUT2D eigenvalue weighted by Crippen LogP contribution is 2.06. The van der Waals surface area contributed by atoms with Crippen molar-refractivity contribution in [3.05, 3.63) is 0 Å². The molecule has 94 valence electrons. The summed E-state index contributed by atoms with van der Waals surface area (Å²) in [6, 6.07) is 0. The van der Waals surface area contributed by atoms with E-state index in [4.69, 9.17) is 9.47 Å². The van der Waals surface area contributed by atoms with Gasteiger partial charge in [-0.2, -0.15) is 0 Å². The summed E-state index contributed by atoms with van der Waals surface area (Å²) < 4.78 is 9.67. The Morgan fingerprint density at radius 1 is 0.938 bits per heavy atom. The van der Waals surface area contributed by atoms with Crippen LogP contribution in [0.4, 0.5) is 0 Å². The van der Waals surface area contributed by atoms with Crippen LogP contribution in [0.2, 0.25) is 0 Å². The molecular weight excluding hydrogens is 208 g/mol. The number of ketones is 1. The molecule has 0 aliphatic heterocycles. The fourth-order valence-electron chi connectivity index (χ4n) is 1.31. The van der Waals surface area contributed by atoms with E-state index in [1.165, 1.54) is 0 Å². The Morgan fingerprint density at radius 3 is 2.12 bits per heavy atom. The van der Waals surface area contributed by atoms with E-state index in [-0.39, 0.29) is 11.8 Å². The molecule has 4 nitrogen and oxygen atoms in total. The maximum atomic E-state index is 11.1. The van der Waals surface area contributed by atoms with Gasteiger partial charge in [-0.25, -0.2) is 0 Å². The molecular formula is C12H22O4. The van der Waals surface area contributed by atoms with Gasteiger partial charge in [-0.15, -0.1) is 0 Å². The number of ether oxygens (including phenoxy) is 2. The number of methoxy groups -OCH3 is 1. The van der Waals surface area contributed by atoms with Crippen molar-refractivity contribution in [3.63, 3.8) is 0 Å². The summed E-state index contributed by atoms with van der Waals surface area (Å²) in [5.41, 5.74) is 0. The number of Topliss-reactive ketones (excluding diaryl/α,β-unsaturated/α-hetero) is 1. The lowest BCUT2D eigenvalue weighted by Crippen LogP contribution is -2.09. The molecule has 0 saturated carbocycles. The molecule has 0 radical (unpaired) electrons. The minimum absolute atomic E-state index is 0.163. The largest absolute Gasteiger partial charge is 0.463 e. The van der Waals surface area contributed by atoms with E-state index in [9.17, 15) is 9.59 Å². The molecule has 0 atom stereocenters. The first-order valence-electron chi connectivity index (χ1n) is 5.81. The minimum atomic E-state index is -0.163. The van der Waals surface area contributed by atoms with Gasteiger partial charge >= 0.3 is 5.97 Å². The van der Waals surface area contributed by atoms with Gasteiger partial charge < -0.3 is 14.3 Å². The average molecular weight is 230 g/mol. The van der Waals surface area contributed by atoms with Crippen LogP contribution in [0, 0.1) is 0 Å². The second kappa shape index (κ2) is 10.6. The molecule has 0 aromatic carbocycles. The summed E-state index contributed by atoms with van der Waals surface area (Å²) in [6.45, 7) is 2.39. The van der Waals surface area contributed by atoms with Crippen molar-refractivity contribution >= 4 is 11.8 Å². The average Bonchev–Trinajstić information content (AvgIpc) is 2.23. The van der Waals surface area contributed by atoms with E-state index in [1.54, 1.807) is 14.0 Å². The van der Waals surface area contributed by atoms with Gasteiger partial charge in [-0.1, -0.05) is 12.8 Å². The second-order valence-corrected chi connectivity index (χ2v) is 3.83. The van der Waals surface area contributed by atoms with E-state index in [2.05, 4.69) is 0 Å². The van der Waals surface area contributed by atoms with Crippen LogP contribution in [-0.2, 0) is 19.1 Å². The minimum Gasteiger partial charge on any atom is -0.463 e. The van der Waals surface area contributed by atoms with Gasteiger partial charge in [0.1, 0.15) is 12.4 Å². The van der Waals surface area contributed by atoms with Crippen LogP contribution in [0.5, 0.6) is 0 Å². The van der Waals surface area contributed by atoms with Crippen molar-refractivity contribution in [1.82, 2.24) is 0 Å². The first-order chi connectivity index (χ1) is 7.66. The smallest absolute Gasteiger partial charge is 0.305 e. The zero-order valence-electron chi connectivity index (χ0n) is 10.3. The highest BCUT2D eigenvalue weighted by molar-refractivity contribution is 5.75. The standard InChI is InChI=1S/C12H22O4/c1-11(13)7-5-3-4-6-8-12(14)16-10-9-15-2/h3-10H2,1-2H3. The Kier molecular flexibility index (Phi) is 10.0. The van der Waals surface area contributed by atoms with Crippen LogP contribution in [0.3, 0.4) is 0 Å². The predicted molar refractivity (Wildman–Crippen MR) is 61.2 cm³/mol. The van der Waals surface area contributed by atoms with Crippen LogP contribution in [-0.4, -0.2) is 32.1 Å². The normalized spacial score (nSPS) is 10.1. The quantitative estimate of drug-likeness (QED) is 0.426. The molecule has 0 aliphatic rings. The Hall–Kier alpha value is -0.900. The van der Waals surface area contributed by atoms with E-state index in [1.807, 2.05) is 0 Å². The first-order valence-corrected chi connectivity index (χ1v) is 5.81. The van der Waals surface area contributed by atoms with Crippen LogP contribution in [0.1, 0.15) is 45.4 Å². The molecule has 0 aromatic rings. The fraction of sp³-hybridized carbons (Fsp3) is 0.833. The number of hydrogen-bond donors (Lipinski definition) is 0. The van der Waals surface area contributed by atoms with Crippen molar-refractivity contribution in [1.29, 1.82) is 0 Å². The summed E-state index contributed by atoms with van der Waals surface area (Å²) in [5, 5.41) is 0. The summed E-state index contributed by atoms with van der Waals surface area (Å²) in [5.74, 6) is 0.0718. The van der Waals surface area contributed by atoms with E-state index in [0.717, 1.165) is 25.7 Å². The van der Waals surface area contributed by atoms with E-state index >= 15 is 0 Å². The van der Waals surface area contributed by atoms with Crippen molar-refractivity contribution in [2.75, 3.05) is 20.3 Å². The molecule has 0 bridgehead atoms. The zero-order chi connectivity index (χ0) is 12.2. The van der Waals surface area contributed by atoms with Crippen molar-refractivity contribution < 1.29 is 19.1 Å². The summed E-state index contributed by atoms with van der Waals surface area (Å²) >= 11 is 0. The molecule has 0 unspecified atom stereocenters. The first kappa shape index (κ1) is 15.1. The topological polar surface area (TPSA) is 52.6 Å². The van der Waals surface area contributed by atoms with Gasteiger partial charge in [0.2, 0.25) is 0 Å². The molecule has 0 N–H and O–H groups in total. The maximum absolute atomic E-state index is 11.1. The Labute approximate surface area is 97.3 Å². The number of esters is 1. The van der Waals surface area contributed by atoms with E-state index < -0.39 is 0 Å². The van der Waals surface area contributed by atoms with Crippen LogP contribution in [0.15, 0.2) is 0 Å². The highest BCUT2D eigenvalue weighted by atomic mass is 16.6. The van der Waals surface area contributed by atoms with Crippen molar-refractivity contribution in [2.45, 2.75) is 45.4 Å². The predicted octanol–water partition coefficient (Wildman–Crippen LogP) is 2.11. The summed E-state index contributed by atoms with van der Waals surface area (Å²) in [7, 11) is 1.57. The molecule has 0 saturated heterocycles. The number of carbonyl (C=O) groups excluding carboxylic acids is 2. The maximum Gasteiger partial charge on any atom is 0.305 e. The molecule has 0 aromatic heterocycles. The molecule has 0 heterocycles. The zero-order valence-corrected chi connectivity index (χ0v) is 10.3. The van der Waals surface area contributed by atoms with E-state index in [0.29, 0.717) is 26.1 Å². The molecule has 0 rings (SSSR count). The van der Waals surface area contributed by atoms with Gasteiger partial charge in [-0.3, -0.25) is 4.79 Å². The van der Waals surface area contributed by atoms with Gasteiger partial charge in [0.15, 0.2) is 0 Å². The third-order valence-corrected chi connectivity index (χ3v) is 2.21. The summed E-state index contributed by atoms with van der Waals surface area (Å²) in [6.07, 6.45) is 4.86. The van der Waals surface area contributed by atoms with Gasteiger partial charge in [-0.05, 0) is 19.8 Å². The number of hydrogen-bond acceptors (Lipinski definition) is 4. The molecule has 0 amide bonds. The number of unbranched alkanes of at least 4 members (excludes halogenated alkanes) is 3. The Morgan fingerprint density at radius 2 is 1.56 bits per heavy atom. The number of rotatable bonds is 10. The lowest BCUT2D eigenvalue weighted by Gasteiger charge is -2.03. The molecule has 0 fully saturated rings. The molecule has 0 aliphatic carbocycles. The third kappa shape index (κ3) is 11.2. The monoisotopic (exact) mass is 230 g/mol.